The van der Waals surface area contributed by atoms with Crippen molar-refractivity contribution in [3.05, 3.63) is 29.8 Å². The van der Waals surface area contributed by atoms with E-state index in [1.54, 1.807) is 13.2 Å². The number of amides is 1. The molecule has 2 rings (SSSR count). The van der Waals surface area contributed by atoms with Crippen LogP contribution in [0, 0.1) is 17.8 Å². The topological polar surface area (TPSA) is 75.6 Å². The van der Waals surface area contributed by atoms with Crippen LogP contribution in [0.25, 0.3) is 0 Å². The minimum absolute atomic E-state index is 0.0335. The van der Waals surface area contributed by atoms with Gasteiger partial charge in [-0.2, -0.15) is 0 Å². The number of carbonyl (C=O) groups is 2. The first-order chi connectivity index (χ1) is 10.0. The van der Waals surface area contributed by atoms with Gasteiger partial charge in [0.1, 0.15) is 5.75 Å². The van der Waals surface area contributed by atoms with E-state index >= 15 is 0 Å². The number of hydrogen-bond acceptors (Lipinski definition) is 3. The Kier molecular flexibility index (Phi) is 4.83. The number of nitrogens with one attached hydrogen (secondary N) is 1. The van der Waals surface area contributed by atoms with E-state index in [1.807, 2.05) is 25.1 Å². The van der Waals surface area contributed by atoms with Crippen LogP contribution in [0.1, 0.15) is 18.9 Å². The van der Waals surface area contributed by atoms with E-state index in [0.29, 0.717) is 18.1 Å². The molecule has 0 bridgehead atoms. The van der Waals surface area contributed by atoms with Gasteiger partial charge in [-0.25, -0.2) is 0 Å². The number of methoxy groups -OCH3 is 1. The molecule has 1 aromatic rings. The van der Waals surface area contributed by atoms with Gasteiger partial charge in [0.15, 0.2) is 0 Å². The highest BCUT2D eigenvalue weighted by atomic mass is 16.5. The highest BCUT2D eigenvalue weighted by molar-refractivity contribution is 5.82. The summed E-state index contributed by atoms with van der Waals surface area (Å²) in [6.07, 6.45) is 1.23. The van der Waals surface area contributed by atoms with Crippen molar-refractivity contribution in [2.75, 3.05) is 13.7 Å². The average molecular weight is 291 g/mol. The maximum absolute atomic E-state index is 11.8. The molecular formula is C16H21NO4. The smallest absolute Gasteiger partial charge is 0.308 e. The molecule has 1 aliphatic rings. The fraction of sp³-hybridized carbons (Fsp3) is 0.500. The molecular weight excluding hydrogens is 270 g/mol. The average Bonchev–Trinajstić information content (AvgIpc) is 3.20. The lowest BCUT2D eigenvalue weighted by atomic mass is 9.98. The van der Waals surface area contributed by atoms with Crippen LogP contribution in [0.5, 0.6) is 5.75 Å². The summed E-state index contributed by atoms with van der Waals surface area (Å²) in [7, 11) is 1.56. The fourth-order valence-corrected chi connectivity index (χ4v) is 2.43. The van der Waals surface area contributed by atoms with Crippen molar-refractivity contribution in [2.24, 2.45) is 17.8 Å². The van der Waals surface area contributed by atoms with Crippen molar-refractivity contribution in [3.8, 4) is 5.75 Å². The third-order valence-electron chi connectivity index (χ3n) is 3.98. The predicted molar refractivity (Wildman–Crippen MR) is 78.1 cm³/mol. The molecule has 5 heteroatoms. The van der Waals surface area contributed by atoms with Gasteiger partial charge in [-0.1, -0.05) is 25.1 Å². The molecule has 1 aliphatic carbocycles. The van der Waals surface area contributed by atoms with Crippen molar-refractivity contribution < 1.29 is 19.4 Å². The van der Waals surface area contributed by atoms with Gasteiger partial charge in [-0.3, -0.25) is 9.59 Å². The van der Waals surface area contributed by atoms with E-state index in [2.05, 4.69) is 5.32 Å². The normalized spacial score (nSPS) is 21.4. The van der Waals surface area contributed by atoms with Crippen LogP contribution in [0.4, 0.5) is 0 Å². The molecule has 0 saturated heterocycles. The van der Waals surface area contributed by atoms with Crippen molar-refractivity contribution in [1.29, 1.82) is 0 Å². The van der Waals surface area contributed by atoms with E-state index in [-0.39, 0.29) is 18.4 Å². The minimum atomic E-state index is -0.912. The molecule has 2 N–H and O–H groups in total. The largest absolute Gasteiger partial charge is 0.496 e. The quantitative estimate of drug-likeness (QED) is 0.802. The zero-order valence-corrected chi connectivity index (χ0v) is 12.3. The number of benzene rings is 1. The summed E-state index contributed by atoms with van der Waals surface area (Å²) in [5.41, 5.74) is 0.835. The molecule has 1 aromatic carbocycles. The molecule has 21 heavy (non-hydrogen) atoms. The number of carboxylic acid groups (broad SMARTS) is 1. The van der Waals surface area contributed by atoms with Gasteiger partial charge in [-0.05, 0) is 30.4 Å². The molecule has 5 nitrogen and oxygen atoms in total. The van der Waals surface area contributed by atoms with Crippen molar-refractivity contribution in [3.63, 3.8) is 0 Å². The molecule has 0 heterocycles. The first kappa shape index (κ1) is 15.4. The number of ether oxygens (including phenoxy) is 1. The van der Waals surface area contributed by atoms with Gasteiger partial charge in [0.05, 0.1) is 13.0 Å². The number of aliphatic carboxylic acids is 1. The Morgan fingerprint density at radius 2 is 2.10 bits per heavy atom. The van der Waals surface area contributed by atoms with Gasteiger partial charge < -0.3 is 15.2 Å². The summed E-state index contributed by atoms with van der Waals surface area (Å²) >= 11 is 0. The van der Waals surface area contributed by atoms with E-state index in [0.717, 1.165) is 12.0 Å². The Labute approximate surface area is 124 Å². The lowest BCUT2D eigenvalue weighted by Gasteiger charge is -2.15. The molecule has 0 aromatic heterocycles. The first-order valence-corrected chi connectivity index (χ1v) is 7.15. The van der Waals surface area contributed by atoms with Crippen molar-refractivity contribution in [2.45, 2.75) is 19.8 Å². The van der Waals surface area contributed by atoms with Crippen LogP contribution < -0.4 is 10.1 Å². The minimum Gasteiger partial charge on any atom is -0.496 e. The number of carboxylic acids is 1. The van der Waals surface area contributed by atoms with Crippen LogP contribution in [0.3, 0.4) is 0 Å². The molecule has 1 saturated carbocycles. The summed E-state index contributed by atoms with van der Waals surface area (Å²) in [6.45, 7) is 2.17. The van der Waals surface area contributed by atoms with Crippen LogP contribution in [0.15, 0.2) is 24.3 Å². The van der Waals surface area contributed by atoms with Gasteiger partial charge >= 0.3 is 5.97 Å². The van der Waals surface area contributed by atoms with Gasteiger partial charge in [0, 0.05) is 12.5 Å². The lowest BCUT2D eigenvalue weighted by molar-refractivity contribution is -0.141. The van der Waals surface area contributed by atoms with E-state index in [4.69, 9.17) is 4.74 Å². The number of hydrogen-bond donors (Lipinski definition) is 2. The van der Waals surface area contributed by atoms with E-state index < -0.39 is 11.9 Å². The van der Waals surface area contributed by atoms with Crippen molar-refractivity contribution in [1.82, 2.24) is 5.32 Å². The predicted octanol–water partition coefficient (Wildman–Crippen LogP) is 1.71. The van der Waals surface area contributed by atoms with Gasteiger partial charge in [0.25, 0.3) is 0 Å². The summed E-state index contributed by atoms with van der Waals surface area (Å²) in [4.78, 5) is 23.2. The Morgan fingerprint density at radius 1 is 1.43 bits per heavy atom. The SMILES string of the molecule is COc1ccccc1CC(CNC(=O)C1CC1C)C(=O)O. The zero-order chi connectivity index (χ0) is 15.4. The van der Waals surface area contributed by atoms with E-state index in [9.17, 15) is 14.7 Å². The second-order valence-corrected chi connectivity index (χ2v) is 5.62. The van der Waals surface area contributed by atoms with E-state index in [1.165, 1.54) is 0 Å². The van der Waals surface area contributed by atoms with Gasteiger partial charge in [-0.15, -0.1) is 0 Å². The first-order valence-electron chi connectivity index (χ1n) is 7.15. The molecule has 1 fully saturated rings. The van der Waals surface area contributed by atoms with Crippen LogP contribution >= 0.6 is 0 Å². The highest BCUT2D eigenvalue weighted by Crippen LogP contribution is 2.37. The monoisotopic (exact) mass is 291 g/mol. The van der Waals surface area contributed by atoms with Crippen molar-refractivity contribution >= 4 is 11.9 Å². The third-order valence-corrected chi connectivity index (χ3v) is 3.98. The molecule has 0 aliphatic heterocycles. The Bertz CT molecular complexity index is 529. The molecule has 114 valence electrons. The molecule has 3 unspecified atom stereocenters. The Morgan fingerprint density at radius 3 is 2.67 bits per heavy atom. The van der Waals surface area contributed by atoms with Crippen LogP contribution in [-0.2, 0) is 16.0 Å². The number of carbonyl (C=O) groups excluding carboxylic acids is 1. The molecule has 1 amide bonds. The maximum atomic E-state index is 11.8. The second kappa shape index (κ2) is 6.61. The lowest BCUT2D eigenvalue weighted by Crippen LogP contribution is -2.35. The van der Waals surface area contributed by atoms with Crippen LogP contribution in [0.2, 0.25) is 0 Å². The summed E-state index contributed by atoms with van der Waals surface area (Å²) in [5.74, 6) is -0.447. The second-order valence-electron chi connectivity index (χ2n) is 5.62. The third kappa shape index (κ3) is 3.97. The Hall–Kier alpha value is -2.04. The molecule has 0 radical (unpaired) electrons. The fourth-order valence-electron chi connectivity index (χ4n) is 2.43. The zero-order valence-electron chi connectivity index (χ0n) is 12.3. The highest BCUT2D eigenvalue weighted by Gasteiger charge is 2.39. The summed E-state index contributed by atoms with van der Waals surface area (Å²) < 4.78 is 5.23. The standard InChI is InChI=1S/C16H21NO4/c1-10-7-13(10)15(18)17-9-12(16(19)20)8-11-5-3-4-6-14(11)21-2/h3-6,10,12-13H,7-9H2,1-2H3,(H,17,18)(H,19,20). The van der Waals surface area contributed by atoms with Gasteiger partial charge in [0.2, 0.25) is 5.91 Å². The summed E-state index contributed by atoms with van der Waals surface area (Å²) in [5, 5.41) is 12.1. The molecule has 3 atom stereocenters. The summed E-state index contributed by atoms with van der Waals surface area (Å²) in [6, 6.07) is 7.34. The number of rotatable bonds is 7. The van der Waals surface area contributed by atoms with Crippen LogP contribution in [-0.4, -0.2) is 30.6 Å². The Balaban J connectivity index is 1.95. The molecule has 0 spiro atoms. The maximum Gasteiger partial charge on any atom is 0.308 e. The number of para-hydroxylation sites is 1.